The smallest absolute Gasteiger partial charge is 0.276 e. The monoisotopic (exact) mass is 496 g/mol. The lowest BCUT2D eigenvalue weighted by Crippen LogP contribution is -2.57. The van der Waals surface area contributed by atoms with Crippen molar-refractivity contribution in [3.63, 3.8) is 0 Å². The molecular weight excluding hydrogens is 468 g/mol. The minimum absolute atomic E-state index is 0.0367. The lowest BCUT2D eigenvalue weighted by atomic mass is 10.0. The molecule has 0 radical (unpaired) electrons. The number of carbonyl (C=O) groups is 2. The number of nitrogens with zero attached hydrogens (tertiary/aromatic N) is 4. The van der Waals surface area contributed by atoms with Crippen LogP contribution in [0.4, 0.5) is 0 Å². The van der Waals surface area contributed by atoms with Crippen LogP contribution in [0.25, 0.3) is 16.8 Å². The SMILES string of the molecule is CCC1CCC(N2CCN(C(=O)c3nn4c(-c5ccoc5)cc(C5CC5)cc4c3Cl)CC2=O)C1O. The quantitative estimate of drug-likeness (QED) is 0.577. The van der Waals surface area contributed by atoms with Gasteiger partial charge in [-0.1, -0.05) is 24.9 Å². The summed E-state index contributed by atoms with van der Waals surface area (Å²) in [5.41, 5.74) is 3.69. The first kappa shape index (κ1) is 22.6. The van der Waals surface area contributed by atoms with Crippen LogP contribution in [0.15, 0.2) is 35.1 Å². The second-order valence-corrected chi connectivity index (χ2v) is 10.4. The van der Waals surface area contributed by atoms with Crippen LogP contribution < -0.4 is 0 Å². The average molecular weight is 497 g/mol. The molecule has 3 aliphatic rings. The van der Waals surface area contributed by atoms with Gasteiger partial charge in [0.1, 0.15) is 6.54 Å². The first-order chi connectivity index (χ1) is 17.0. The Morgan fingerprint density at radius 1 is 1.23 bits per heavy atom. The lowest BCUT2D eigenvalue weighted by Gasteiger charge is -2.39. The highest BCUT2D eigenvalue weighted by atomic mass is 35.5. The van der Waals surface area contributed by atoms with E-state index in [-0.39, 0.29) is 36.0 Å². The van der Waals surface area contributed by atoms with E-state index in [4.69, 9.17) is 16.0 Å². The summed E-state index contributed by atoms with van der Waals surface area (Å²) in [5, 5.41) is 15.6. The number of carbonyl (C=O) groups excluding carboxylic acids is 2. The molecule has 3 aromatic heterocycles. The molecule has 8 nitrogen and oxygen atoms in total. The predicted octanol–water partition coefficient (Wildman–Crippen LogP) is 3.96. The predicted molar refractivity (Wildman–Crippen MR) is 130 cm³/mol. The number of hydrogen-bond donors (Lipinski definition) is 1. The normalized spacial score (nSPS) is 25.1. The van der Waals surface area contributed by atoms with Gasteiger partial charge in [-0.15, -0.1) is 0 Å². The summed E-state index contributed by atoms with van der Waals surface area (Å²) in [6.07, 6.45) is 7.67. The molecule has 9 heteroatoms. The van der Waals surface area contributed by atoms with Crippen molar-refractivity contribution in [3.8, 4) is 11.3 Å². The molecule has 0 aromatic carbocycles. The molecule has 1 aliphatic heterocycles. The topological polar surface area (TPSA) is 91.3 Å². The fourth-order valence-electron chi connectivity index (χ4n) is 5.73. The number of fused-ring (bicyclic) bond motifs is 1. The average Bonchev–Trinajstić information content (AvgIpc) is 3.28. The number of furan rings is 1. The summed E-state index contributed by atoms with van der Waals surface area (Å²) >= 11 is 6.74. The van der Waals surface area contributed by atoms with Gasteiger partial charge >= 0.3 is 0 Å². The number of aromatic nitrogens is 2. The Morgan fingerprint density at radius 3 is 2.71 bits per heavy atom. The van der Waals surface area contributed by atoms with Gasteiger partial charge in [-0.3, -0.25) is 9.59 Å². The molecule has 4 heterocycles. The fourth-order valence-corrected chi connectivity index (χ4v) is 5.98. The van der Waals surface area contributed by atoms with E-state index < -0.39 is 6.10 Å². The fraction of sp³-hybridized carbons (Fsp3) is 0.500. The molecule has 1 N–H and O–H groups in total. The lowest BCUT2D eigenvalue weighted by molar-refractivity contribution is -0.140. The number of rotatable bonds is 5. The molecular formula is C26H29ClN4O4. The largest absolute Gasteiger partial charge is 0.472 e. The van der Waals surface area contributed by atoms with E-state index in [0.717, 1.165) is 43.4 Å². The van der Waals surface area contributed by atoms with Gasteiger partial charge in [0.2, 0.25) is 5.91 Å². The van der Waals surface area contributed by atoms with E-state index in [9.17, 15) is 14.7 Å². The van der Waals surface area contributed by atoms with Gasteiger partial charge in [-0.2, -0.15) is 5.10 Å². The van der Waals surface area contributed by atoms with Gasteiger partial charge in [0.15, 0.2) is 5.69 Å². The Morgan fingerprint density at radius 2 is 2.06 bits per heavy atom. The van der Waals surface area contributed by atoms with Crippen LogP contribution in [0.2, 0.25) is 5.02 Å². The number of halogens is 1. The van der Waals surface area contributed by atoms with Gasteiger partial charge in [-0.25, -0.2) is 4.52 Å². The van der Waals surface area contributed by atoms with Crippen LogP contribution in [-0.2, 0) is 4.79 Å². The van der Waals surface area contributed by atoms with E-state index in [0.29, 0.717) is 29.5 Å². The van der Waals surface area contributed by atoms with Gasteiger partial charge in [-0.05, 0) is 61.3 Å². The number of hydrogen-bond acceptors (Lipinski definition) is 5. The van der Waals surface area contributed by atoms with Gasteiger partial charge < -0.3 is 19.3 Å². The van der Waals surface area contributed by atoms with Gasteiger partial charge in [0.25, 0.3) is 5.91 Å². The molecule has 3 fully saturated rings. The molecule has 3 unspecified atom stereocenters. The zero-order chi connectivity index (χ0) is 24.3. The van der Waals surface area contributed by atoms with E-state index in [1.165, 1.54) is 10.5 Å². The molecule has 3 aromatic rings. The molecule has 2 aliphatic carbocycles. The Hall–Kier alpha value is -2.84. The highest BCUT2D eigenvalue weighted by Gasteiger charge is 2.42. The van der Waals surface area contributed by atoms with Crippen LogP contribution in [0, 0.1) is 5.92 Å². The van der Waals surface area contributed by atoms with Crippen LogP contribution in [-0.4, -0.2) is 68.1 Å². The van der Waals surface area contributed by atoms with Crippen molar-refractivity contribution in [1.29, 1.82) is 0 Å². The molecule has 0 spiro atoms. The molecule has 1 saturated heterocycles. The minimum atomic E-state index is -0.499. The van der Waals surface area contributed by atoms with Gasteiger partial charge in [0, 0.05) is 18.7 Å². The second-order valence-electron chi connectivity index (χ2n) is 10.0. The van der Waals surface area contributed by atoms with Crippen molar-refractivity contribution in [2.45, 2.75) is 57.1 Å². The molecule has 0 bridgehead atoms. The van der Waals surface area contributed by atoms with E-state index >= 15 is 0 Å². The number of amides is 2. The third-order valence-corrected chi connectivity index (χ3v) is 8.32. The van der Waals surface area contributed by atoms with Crippen molar-refractivity contribution in [1.82, 2.24) is 19.4 Å². The second kappa shape index (κ2) is 8.68. The summed E-state index contributed by atoms with van der Waals surface area (Å²) in [6, 6.07) is 5.80. The highest BCUT2D eigenvalue weighted by Crippen LogP contribution is 2.43. The summed E-state index contributed by atoms with van der Waals surface area (Å²) in [5.74, 6) is 0.241. The Kier molecular flexibility index (Phi) is 5.60. The summed E-state index contributed by atoms with van der Waals surface area (Å²) < 4.78 is 6.99. The van der Waals surface area contributed by atoms with Gasteiger partial charge in [0.05, 0.1) is 40.9 Å². The Balaban J connectivity index is 1.28. The zero-order valence-electron chi connectivity index (χ0n) is 19.7. The first-order valence-electron chi connectivity index (χ1n) is 12.5. The first-order valence-corrected chi connectivity index (χ1v) is 12.9. The molecule has 2 amide bonds. The maximum absolute atomic E-state index is 13.5. The van der Waals surface area contributed by atoms with E-state index in [1.807, 2.05) is 12.1 Å². The van der Waals surface area contributed by atoms with Crippen molar-refractivity contribution in [2.24, 2.45) is 5.92 Å². The van der Waals surface area contributed by atoms with E-state index in [2.05, 4.69) is 18.1 Å². The molecule has 184 valence electrons. The van der Waals surface area contributed by atoms with Crippen molar-refractivity contribution in [3.05, 3.63) is 47.0 Å². The number of pyridine rings is 1. The van der Waals surface area contributed by atoms with E-state index in [1.54, 1.807) is 21.9 Å². The maximum Gasteiger partial charge on any atom is 0.276 e. The van der Waals surface area contributed by atoms with Crippen molar-refractivity contribution in [2.75, 3.05) is 19.6 Å². The number of piperazine rings is 1. The van der Waals surface area contributed by atoms with Crippen LogP contribution in [0.1, 0.15) is 61.0 Å². The standard InChI is InChI=1S/C26H29ClN4O4/c1-2-15-5-6-19(25(15)33)30-9-8-29(13-22(30)32)26(34)24-23(27)21-12-18(16-3-4-16)11-20(31(21)28-24)17-7-10-35-14-17/h7,10-12,14-16,19,25,33H,2-6,8-9,13H2,1H3. The van der Waals surface area contributed by atoms with Crippen molar-refractivity contribution < 1.29 is 19.1 Å². The van der Waals surface area contributed by atoms with Crippen LogP contribution in [0.3, 0.4) is 0 Å². The summed E-state index contributed by atoms with van der Waals surface area (Å²) in [7, 11) is 0. The molecule has 3 atom stereocenters. The van der Waals surface area contributed by atoms with Crippen LogP contribution >= 0.6 is 11.6 Å². The van der Waals surface area contributed by atoms with Crippen molar-refractivity contribution >= 4 is 28.9 Å². The maximum atomic E-state index is 13.5. The Labute approximate surface area is 208 Å². The summed E-state index contributed by atoms with van der Waals surface area (Å²) in [4.78, 5) is 29.8. The molecule has 2 saturated carbocycles. The third kappa shape index (κ3) is 3.83. The molecule has 35 heavy (non-hydrogen) atoms. The highest BCUT2D eigenvalue weighted by molar-refractivity contribution is 6.37. The minimum Gasteiger partial charge on any atom is -0.472 e. The third-order valence-electron chi connectivity index (χ3n) is 7.94. The molecule has 6 rings (SSSR count). The number of aliphatic hydroxyl groups is 1. The zero-order valence-corrected chi connectivity index (χ0v) is 20.4. The number of aliphatic hydroxyl groups excluding tert-OH is 1. The summed E-state index contributed by atoms with van der Waals surface area (Å²) in [6.45, 7) is 2.82. The Bertz CT molecular complexity index is 1280. The van der Waals surface area contributed by atoms with Crippen LogP contribution in [0.5, 0.6) is 0 Å².